The minimum absolute atomic E-state index is 0.00465. The lowest BCUT2D eigenvalue weighted by molar-refractivity contribution is -0.143. The summed E-state index contributed by atoms with van der Waals surface area (Å²) in [6.45, 7) is 0. The molecule has 0 aromatic carbocycles. The van der Waals surface area contributed by atoms with E-state index in [1.54, 1.807) is 18.3 Å². The minimum atomic E-state index is -1.25. The molecule has 0 saturated heterocycles. The van der Waals surface area contributed by atoms with Gasteiger partial charge in [-0.2, -0.15) is 0 Å². The molecule has 0 unspecified atom stereocenters. The zero-order valence-electron chi connectivity index (χ0n) is 10.1. The van der Waals surface area contributed by atoms with Gasteiger partial charge in [0.1, 0.15) is 6.04 Å². The number of pyridine rings is 1. The fourth-order valence-electron chi connectivity index (χ4n) is 1.46. The van der Waals surface area contributed by atoms with E-state index >= 15 is 0 Å². The summed E-state index contributed by atoms with van der Waals surface area (Å²) in [5.74, 6) is -2.83. The highest BCUT2D eigenvalue weighted by Gasteiger charge is 2.20. The lowest BCUT2D eigenvalue weighted by Gasteiger charge is -2.13. The van der Waals surface area contributed by atoms with Crippen molar-refractivity contribution in [3.05, 3.63) is 30.1 Å². The number of carboxylic acids is 2. The first kappa shape index (κ1) is 14.6. The fraction of sp³-hybridized carbons (Fsp3) is 0.333. The van der Waals surface area contributed by atoms with Gasteiger partial charge in [0.25, 0.3) is 0 Å². The van der Waals surface area contributed by atoms with E-state index in [1.807, 2.05) is 0 Å². The van der Waals surface area contributed by atoms with Crippen LogP contribution in [-0.2, 0) is 20.8 Å². The topological polar surface area (TPSA) is 117 Å². The van der Waals surface area contributed by atoms with Gasteiger partial charge in [0.15, 0.2) is 0 Å². The van der Waals surface area contributed by atoms with Gasteiger partial charge in [-0.15, -0.1) is 0 Å². The summed E-state index contributed by atoms with van der Waals surface area (Å²) < 4.78 is 0. The molecule has 7 heteroatoms. The van der Waals surface area contributed by atoms with Gasteiger partial charge in [-0.05, 0) is 18.1 Å². The number of carboxylic acid groups (broad SMARTS) is 2. The molecule has 1 heterocycles. The Labute approximate surface area is 109 Å². The number of hydrogen-bond donors (Lipinski definition) is 3. The Balaban J connectivity index is 2.52. The van der Waals surface area contributed by atoms with Gasteiger partial charge >= 0.3 is 11.9 Å². The number of aromatic nitrogens is 1. The van der Waals surface area contributed by atoms with E-state index in [2.05, 4.69) is 10.3 Å². The number of carbonyl (C=O) groups is 3. The van der Waals surface area contributed by atoms with E-state index in [9.17, 15) is 14.4 Å². The molecule has 1 rings (SSSR count). The number of hydrogen-bond acceptors (Lipinski definition) is 4. The Hall–Kier alpha value is -2.44. The number of rotatable bonds is 7. The van der Waals surface area contributed by atoms with Gasteiger partial charge < -0.3 is 15.5 Å². The van der Waals surface area contributed by atoms with Crippen LogP contribution in [0.25, 0.3) is 0 Å². The van der Waals surface area contributed by atoms with Gasteiger partial charge in [0, 0.05) is 18.8 Å². The molecule has 19 heavy (non-hydrogen) atoms. The van der Waals surface area contributed by atoms with Crippen LogP contribution in [0.1, 0.15) is 18.4 Å². The summed E-state index contributed by atoms with van der Waals surface area (Å²) >= 11 is 0. The van der Waals surface area contributed by atoms with Crippen molar-refractivity contribution in [2.24, 2.45) is 0 Å². The highest BCUT2D eigenvalue weighted by Crippen LogP contribution is 2.01. The van der Waals surface area contributed by atoms with Gasteiger partial charge in [-0.1, -0.05) is 6.07 Å². The lowest BCUT2D eigenvalue weighted by atomic mass is 10.1. The average Bonchev–Trinajstić information content (AvgIpc) is 2.35. The summed E-state index contributed by atoms with van der Waals surface area (Å²) in [6.07, 6.45) is 2.61. The summed E-state index contributed by atoms with van der Waals surface area (Å²) in [5, 5.41) is 19.7. The first-order valence-corrected chi connectivity index (χ1v) is 5.62. The second kappa shape index (κ2) is 7.10. The predicted molar refractivity (Wildman–Crippen MR) is 64.4 cm³/mol. The van der Waals surface area contributed by atoms with Crippen LogP contribution in [0.15, 0.2) is 24.5 Å². The molecule has 1 atom stereocenters. The summed E-state index contributed by atoms with van der Waals surface area (Å²) in [5.41, 5.74) is 0.655. The average molecular weight is 266 g/mol. The number of nitrogens with one attached hydrogen (secondary N) is 1. The Morgan fingerprint density at radius 3 is 2.58 bits per heavy atom. The molecule has 0 aliphatic carbocycles. The van der Waals surface area contributed by atoms with Gasteiger partial charge in [-0.25, -0.2) is 4.79 Å². The maximum Gasteiger partial charge on any atom is 0.326 e. The van der Waals surface area contributed by atoms with Crippen LogP contribution in [0.4, 0.5) is 0 Å². The van der Waals surface area contributed by atoms with E-state index in [0.29, 0.717) is 5.56 Å². The monoisotopic (exact) mass is 266 g/mol. The van der Waals surface area contributed by atoms with Crippen LogP contribution in [0.3, 0.4) is 0 Å². The normalized spacial score (nSPS) is 11.6. The largest absolute Gasteiger partial charge is 0.481 e. The number of amides is 1. The van der Waals surface area contributed by atoms with Gasteiger partial charge in [0.2, 0.25) is 5.91 Å². The summed E-state index contributed by atoms with van der Waals surface area (Å²) in [7, 11) is 0. The molecule has 1 aromatic rings. The van der Waals surface area contributed by atoms with Crippen molar-refractivity contribution in [1.82, 2.24) is 10.3 Å². The maximum atomic E-state index is 11.6. The lowest BCUT2D eigenvalue weighted by Crippen LogP contribution is -2.41. The Kier molecular flexibility index (Phi) is 5.46. The third-order valence-corrected chi connectivity index (χ3v) is 2.37. The Bertz CT molecular complexity index is 460. The molecule has 7 nitrogen and oxygen atoms in total. The molecule has 0 radical (unpaired) electrons. The predicted octanol–water partition coefficient (Wildman–Crippen LogP) is 0.0583. The van der Waals surface area contributed by atoms with Crippen LogP contribution in [0, 0.1) is 0 Å². The Morgan fingerprint density at radius 2 is 2.05 bits per heavy atom. The molecule has 0 aliphatic rings. The zero-order chi connectivity index (χ0) is 14.3. The first-order valence-electron chi connectivity index (χ1n) is 5.62. The highest BCUT2D eigenvalue weighted by molar-refractivity contribution is 5.85. The quantitative estimate of drug-likeness (QED) is 0.642. The molecule has 0 saturated carbocycles. The first-order chi connectivity index (χ1) is 8.99. The SMILES string of the molecule is O=C(O)CC[C@H](NC(=O)Cc1cccnc1)C(=O)O. The fourth-order valence-corrected chi connectivity index (χ4v) is 1.46. The third-order valence-electron chi connectivity index (χ3n) is 2.37. The van der Waals surface area contributed by atoms with E-state index in [-0.39, 0.29) is 19.3 Å². The van der Waals surface area contributed by atoms with Crippen molar-refractivity contribution >= 4 is 17.8 Å². The van der Waals surface area contributed by atoms with Crippen LogP contribution >= 0.6 is 0 Å². The van der Waals surface area contributed by atoms with Crippen molar-refractivity contribution in [2.45, 2.75) is 25.3 Å². The second-order valence-electron chi connectivity index (χ2n) is 3.93. The van der Waals surface area contributed by atoms with Gasteiger partial charge in [0.05, 0.1) is 6.42 Å². The third kappa shape index (κ3) is 5.62. The highest BCUT2D eigenvalue weighted by atomic mass is 16.4. The minimum Gasteiger partial charge on any atom is -0.481 e. The van der Waals surface area contributed by atoms with E-state index in [1.165, 1.54) is 6.20 Å². The molecule has 0 aliphatic heterocycles. The van der Waals surface area contributed by atoms with Crippen molar-refractivity contribution in [3.63, 3.8) is 0 Å². The van der Waals surface area contributed by atoms with Gasteiger partial charge in [-0.3, -0.25) is 14.6 Å². The summed E-state index contributed by atoms with van der Waals surface area (Å²) in [6, 6.07) is 2.17. The van der Waals surface area contributed by atoms with Crippen LogP contribution in [-0.4, -0.2) is 39.1 Å². The Morgan fingerprint density at radius 1 is 1.32 bits per heavy atom. The van der Waals surface area contributed by atoms with Crippen LogP contribution in [0.5, 0.6) is 0 Å². The molecule has 3 N–H and O–H groups in total. The number of nitrogens with zero attached hydrogens (tertiary/aromatic N) is 1. The number of aliphatic carboxylic acids is 2. The molecular formula is C12H14N2O5. The molecule has 0 spiro atoms. The van der Waals surface area contributed by atoms with Crippen molar-refractivity contribution < 1.29 is 24.6 Å². The van der Waals surface area contributed by atoms with Crippen molar-refractivity contribution in [3.8, 4) is 0 Å². The van der Waals surface area contributed by atoms with Crippen molar-refractivity contribution in [2.75, 3.05) is 0 Å². The van der Waals surface area contributed by atoms with Crippen LogP contribution in [0.2, 0.25) is 0 Å². The van der Waals surface area contributed by atoms with Crippen molar-refractivity contribution in [1.29, 1.82) is 0 Å². The maximum absolute atomic E-state index is 11.6. The standard InChI is InChI=1S/C12H14N2O5/c15-10(6-8-2-1-5-13-7-8)14-9(12(18)19)3-4-11(16)17/h1-2,5,7,9H,3-4,6H2,(H,14,15)(H,16,17)(H,18,19)/t9-/m0/s1. The molecule has 0 fully saturated rings. The van der Waals surface area contributed by atoms with E-state index in [0.717, 1.165) is 0 Å². The molecular weight excluding hydrogens is 252 g/mol. The summed E-state index contributed by atoms with van der Waals surface area (Å²) in [4.78, 5) is 36.7. The second-order valence-corrected chi connectivity index (χ2v) is 3.93. The molecule has 1 amide bonds. The molecule has 102 valence electrons. The van der Waals surface area contributed by atoms with E-state index < -0.39 is 23.9 Å². The zero-order valence-corrected chi connectivity index (χ0v) is 10.1. The smallest absolute Gasteiger partial charge is 0.326 e. The van der Waals surface area contributed by atoms with Crippen LogP contribution < -0.4 is 5.32 Å². The molecule has 1 aromatic heterocycles. The number of carbonyl (C=O) groups excluding carboxylic acids is 1. The molecule has 0 bridgehead atoms. The van der Waals surface area contributed by atoms with E-state index in [4.69, 9.17) is 10.2 Å².